The fourth-order valence-corrected chi connectivity index (χ4v) is 4.22. The average molecular weight is 420 g/mol. The van der Waals surface area contributed by atoms with Gasteiger partial charge in [-0.1, -0.05) is 18.2 Å². The van der Waals surface area contributed by atoms with Gasteiger partial charge in [0.2, 0.25) is 10.0 Å². The van der Waals surface area contributed by atoms with Crippen LogP contribution < -0.4 is 14.8 Å². The molecule has 2 aromatic rings. The minimum atomic E-state index is -3.66. The van der Waals surface area contributed by atoms with Crippen LogP contribution in [0.1, 0.15) is 35.8 Å². The monoisotopic (exact) mass is 419 g/mol. The second-order valence-electron chi connectivity index (χ2n) is 7.27. The Morgan fingerprint density at radius 2 is 1.79 bits per heavy atom. The number of ether oxygens (including phenoxy) is 1. The summed E-state index contributed by atoms with van der Waals surface area (Å²) in [5, 5.41) is 2.90. The summed E-state index contributed by atoms with van der Waals surface area (Å²) >= 11 is 0. The zero-order valence-corrected chi connectivity index (χ0v) is 18.3. The van der Waals surface area contributed by atoms with Crippen LogP contribution >= 0.6 is 0 Å². The SMILES string of the molecule is COc1cccc([C@@H](CNC(=O)c2cccc(S(=O)(=O)NC(C)C)c2)N(C)C)c1. The van der Waals surface area contributed by atoms with Crippen LogP contribution in [-0.4, -0.2) is 53.0 Å². The summed E-state index contributed by atoms with van der Waals surface area (Å²) in [6.45, 7) is 3.85. The van der Waals surface area contributed by atoms with Gasteiger partial charge in [0.25, 0.3) is 5.91 Å². The van der Waals surface area contributed by atoms with Gasteiger partial charge in [0.05, 0.1) is 18.0 Å². The Balaban J connectivity index is 2.16. The Hall–Kier alpha value is -2.42. The van der Waals surface area contributed by atoms with Crippen molar-refractivity contribution in [2.24, 2.45) is 0 Å². The van der Waals surface area contributed by atoms with E-state index in [1.807, 2.05) is 43.3 Å². The Kier molecular flexibility index (Phi) is 7.78. The molecular weight excluding hydrogens is 390 g/mol. The quantitative estimate of drug-likeness (QED) is 0.652. The van der Waals surface area contributed by atoms with Crippen molar-refractivity contribution in [3.8, 4) is 5.75 Å². The van der Waals surface area contributed by atoms with Crippen LogP contribution in [0.3, 0.4) is 0 Å². The predicted molar refractivity (Wildman–Crippen MR) is 114 cm³/mol. The lowest BCUT2D eigenvalue weighted by atomic mass is 10.1. The van der Waals surface area contributed by atoms with Crippen molar-refractivity contribution in [2.75, 3.05) is 27.7 Å². The van der Waals surface area contributed by atoms with Crippen LogP contribution in [0.15, 0.2) is 53.4 Å². The maximum absolute atomic E-state index is 12.7. The first-order valence-corrected chi connectivity index (χ1v) is 10.8. The van der Waals surface area contributed by atoms with Crippen molar-refractivity contribution in [1.29, 1.82) is 0 Å². The highest BCUT2D eigenvalue weighted by molar-refractivity contribution is 7.89. The number of amides is 1. The molecule has 1 amide bonds. The molecule has 2 rings (SSSR count). The van der Waals surface area contributed by atoms with E-state index in [-0.39, 0.29) is 22.9 Å². The number of hydrogen-bond donors (Lipinski definition) is 2. The lowest BCUT2D eigenvalue weighted by Crippen LogP contribution is -2.35. The van der Waals surface area contributed by atoms with Gasteiger partial charge in [-0.05, 0) is 63.8 Å². The highest BCUT2D eigenvalue weighted by Crippen LogP contribution is 2.22. The lowest BCUT2D eigenvalue weighted by Gasteiger charge is -2.25. The summed E-state index contributed by atoms with van der Waals surface area (Å²) in [6, 6.07) is 13.4. The minimum absolute atomic E-state index is 0.0656. The molecule has 0 aromatic heterocycles. The fraction of sp³-hybridized carbons (Fsp3) is 0.381. The maximum Gasteiger partial charge on any atom is 0.251 e. The normalized spacial score (nSPS) is 12.8. The van der Waals surface area contributed by atoms with Gasteiger partial charge >= 0.3 is 0 Å². The van der Waals surface area contributed by atoms with Crippen LogP contribution in [-0.2, 0) is 10.0 Å². The number of carbonyl (C=O) groups excluding carboxylic acids is 1. The van der Waals surface area contributed by atoms with Crippen LogP contribution in [0.25, 0.3) is 0 Å². The fourth-order valence-electron chi connectivity index (χ4n) is 2.92. The summed E-state index contributed by atoms with van der Waals surface area (Å²) in [6.07, 6.45) is 0. The number of methoxy groups -OCH3 is 1. The molecule has 8 heteroatoms. The van der Waals surface area contributed by atoms with Gasteiger partial charge in [-0.15, -0.1) is 0 Å². The lowest BCUT2D eigenvalue weighted by molar-refractivity contribution is 0.0941. The molecule has 29 heavy (non-hydrogen) atoms. The zero-order chi connectivity index (χ0) is 21.6. The summed E-state index contributed by atoms with van der Waals surface area (Å²) in [5.41, 5.74) is 1.30. The molecule has 0 spiro atoms. The zero-order valence-electron chi connectivity index (χ0n) is 17.5. The van der Waals surface area contributed by atoms with Gasteiger partial charge in [0.1, 0.15) is 5.75 Å². The summed E-state index contributed by atoms with van der Waals surface area (Å²) in [4.78, 5) is 14.7. The van der Waals surface area contributed by atoms with Gasteiger partial charge in [-0.3, -0.25) is 4.79 Å². The van der Waals surface area contributed by atoms with Crippen molar-refractivity contribution in [3.05, 3.63) is 59.7 Å². The van der Waals surface area contributed by atoms with E-state index in [0.29, 0.717) is 12.1 Å². The van der Waals surface area contributed by atoms with Gasteiger partial charge in [-0.25, -0.2) is 13.1 Å². The van der Waals surface area contributed by atoms with Crippen molar-refractivity contribution < 1.29 is 17.9 Å². The molecule has 0 saturated carbocycles. The van der Waals surface area contributed by atoms with Crippen LogP contribution in [0.4, 0.5) is 0 Å². The largest absolute Gasteiger partial charge is 0.497 e. The molecule has 0 bridgehead atoms. The number of sulfonamides is 1. The third-order valence-electron chi connectivity index (χ3n) is 4.36. The van der Waals surface area contributed by atoms with Crippen molar-refractivity contribution in [1.82, 2.24) is 14.9 Å². The Bertz CT molecular complexity index is 942. The van der Waals surface area contributed by atoms with E-state index < -0.39 is 10.0 Å². The van der Waals surface area contributed by atoms with E-state index in [0.717, 1.165) is 11.3 Å². The first kappa shape index (κ1) is 22.9. The van der Waals surface area contributed by atoms with E-state index in [9.17, 15) is 13.2 Å². The molecule has 0 aliphatic carbocycles. The van der Waals surface area contributed by atoms with E-state index in [1.165, 1.54) is 12.1 Å². The van der Waals surface area contributed by atoms with Crippen molar-refractivity contribution in [3.63, 3.8) is 0 Å². The molecule has 7 nitrogen and oxygen atoms in total. The number of rotatable bonds is 9. The number of hydrogen-bond acceptors (Lipinski definition) is 5. The van der Waals surface area contributed by atoms with Crippen LogP contribution in [0, 0.1) is 0 Å². The average Bonchev–Trinajstić information content (AvgIpc) is 2.67. The topological polar surface area (TPSA) is 87.7 Å². The number of nitrogens with one attached hydrogen (secondary N) is 2. The van der Waals surface area contributed by atoms with Gasteiger partial charge in [-0.2, -0.15) is 0 Å². The highest BCUT2D eigenvalue weighted by Gasteiger charge is 2.19. The molecule has 2 N–H and O–H groups in total. The highest BCUT2D eigenvalue weighted by atomic mass is 32.2. The molecule has 0 aliphatic rings. The molecular formula is C21H29N3O4S. The third-order valence-corrected chi connectivity index (χ3v) is 6.01. The van der Waals surface area contributed by atoms with Gasteiger partial charge in [0.15, 0.2) is 0 Å². The van der Waals surface area contributed by atoms with E-state index >= 15 is 0 Å². The molecule has 2 aromatic carbocycles. The number of benzene rings is 2. The van der Waals surface area contributed by atoms with E-state index in [4.69, 9.17) is 4.74 Å². The molecule has 0 unspecified atom stereocenters. The van der Waals surface area contributed by atoms with Gasteiger partial charge in [0, 0.05) is 18.2 Å². The number of carbonyl (C=O) groups is 1. The smallest absolute Gasteiger partial charge is 0.251 e. The Morgan fingerprint density at radius 1 is 1.10 bits per heavy atom. The first-order chi connectivity index (χ1) is 13.6. The van der Waals surface area contributed by atoms with E-state index in [1.54, 1.807) is 33.1 Å². The molecule has 0 fully saturated rings. The number of nitrogens with zero attached hydrogens (tertiary/aromatic N) is 1. The van der Waals surface area contributed by atoms with Crippen LogP contribution in [0.5, 0.6) is 5.75 Å². The maximum atomic E-state index is 12.7. The summed E-state index contributed by atoms with van der Waals surface area (Å²) in [5.74, 6) is 0.414. The Morgan fingerprint density at radius 3 is 2.41 bits per heavy atom. The van der Waals surface area contributed by atoms with Crippen molar-refractivity contribution >= 4 is 15.9 Å². The van der Waals surface area contributed by atoms with Crippen molar-refractivity contribution in [2.45, 2.75) is 30.8 Å². The second-order valence-corrected chi connectivity index (χ2v) is 8.98. The minimum Gasteiger partial charge on any atom is -0.497 e. The molecule has 0 heterocycles. The van der Waals surface area contributed by atoms with Gasteiger partial charge < -0.3 is 15.0 Å². The summed E-state index contributed by atoms with van der Waals surface area (Å²) < 4.78 is 32.5. The molecule has 1 atom stereocenters. The first-order valence-electron chi connectivity index (χ1n) is 9.35. The number of likely N-dealkylation sites (N-methyl/N-ethyl adjacent to an activating group) is 1. The molecule has 0 aliphatic heterocycles. The standard InChI is InChI=1S/C21H29N3O4S/c1-15(2)23-29(26,27)19-11-7-9-17(13-19)21(25)22-14-20(24(3)4)16-8-6-10-18(12-16)28-5/h6-13,15,20,23H,14H2,1-5H3,(H,22,25)/t20-/m1/s1. The van der Waals surface area contributed by atoms with E-state index in [2.05, 4.69) is 10.0 Å². The van der Waals surface area contributed by atoms with Crippen LogP contribution in [0.2, 0.25) is 0 Å². The Labute approximate surface area is 173 Å². The second kappa shape index (κ2) is 9.87. The molecule has 158 valence electrons. The summed E-state index contributed by atoms with van der Waals surface area (Å²) in [7, 11) is 1.81. The predicted octanol–water partition coefficient (Wildman–Crippen LogP) is 2.41. The molecule has 0 saturated heterocycles. The third kappa shape index (κ3) is 6.28. The molecule has 0 radical (unpaired) electrons.